The average molecular weight is 283 g/mol. The molecule has 1 aliphatic heterocycles. The minimum absolute atomic E-state index is 0.165. The van der Waals surface area contributed by atoms with Crippen LogP contribution in [0.4, 0.5) is 0 Å². The summed E-state index contributed by atoms with van der Waals surface area (Å²) in [6.07, 6.45) is 5.21. The van der Waals surface area contributed by atoms with Gasteiger partial charge in [0.05, 0.1) is 6.10 Å². The van der Waals surface area contributed by atoms with Gasteiger partial charge < -0.3 is 20.6 Å². The van der Waals surface area contributed by atoms with Gasteiger partial charge in [0.1, 0.15) is 0 Å². The number of nitrogens with zero attached hydrogens (tertiary/aromatic N) is 2. The zero-order valence-electron chi connectivity index (χ0n) is 12.8. The van der Waals surface area contributed by atoms with Crippen LogP contribution in [0.1, 0.15) is 38.5 Å². The Morgan fingerprint density at radius 1 is 1.30 bits per heavy atom. The van der Waals surface area contributed by atoms with E-state index in [2.05, 4.69) is 4.90 Å². The van der Waals surface area contributed by atoms with Gasteiger partial charge in [0.2, 0.25) is 5.91 Å². The Labute approximate surface area is 122 Å². The molecule has 3 N–H and O–H groups in total. The molecule has 1 aliphatic carbocycles. The maximum absolute atomic E-state index is 12.5. The Kier molecular flexibility index (Phi) is 5.41. The quantitative estimate of drug-likeness (QED) is 0.784. The predicted molar refractivity (Wildman–Crippen MR) is 79.2 cm³/mol. The lowest BCUT2D eigenvalue weighted by molar-refractivity contribution is -0.133. The van der Waals surface area contributed by atoms with E-state index < -0.39 is 0 Å². The summed E-state index contributed by atoms with van der Waals surface area (Å²) in [4.78, 5) is 16.5. The van der Waals surface area contributed by atoms with Crippen molar-refractivity contribution in [3.63, 3.8) is 0 Å². The third-order valence-electron chi connectivity index (χ3n) is 4.64. The van der Waals surface area contributed by atoms with E-state index in [0.29, 0.717) is 31.3 Å². The summed E-state index contributed by atoms with van der Waals surface area (Å²) < 4.78 is 0. The molecule has 2 fully saturated rings. The van der Waals surface area contributed by atoms with Crippen molar-refractivity contribution in [2.45, 2.75) is 56.7 Å². The van der Waals surface area contributed by atoms with E-state index >= 15 is 0 Å². The van der Waals surface area contributed by atoms with Crippen molar-refractivity contribution in [3.8, 4) is 0 Å². The van der Waals surface area contributed by atoms with Crippen LogP contribution in [0.15, 0.2) is 0 Å². The predicted octanol–water partition coefficient (Wildman–Crippen LogP) is 0.417. The molecular weight excluding hydrogens is 254 g/mol. The maximum Gasteiger partial charge on any atom is 0.223 e. The fourth-order valence-corrected chi connectivity index (χ4v) is 3.55. The fraction of sp³-hybridized carbons (Fsp3) is 0.933. The van der Waals surface area contributed by atoms with Gasteiger partial charge >= 0.3 is 0 Å². The normalized spacial score (nSPS) is 34.8. The van der Waals surface area contributed by atoms with Crippen LogP contribution in [0.5, 0.6) is 0 Å². The van der Waals surface area contributed by atoms with E-state index in [1.54, 1.807) is 0 Å². The summed E-state index contributed by atoms with van der Waals surface area (Å²) in [7, 11) is 4.02. The van der Waals surface area contributed by atoms with Crippen molar-refractivity contribution >= 4 is 5.91 Å². The standard InChI is InChI=1S/C15H29N3O2/c1-17(2)9-13-8-14(19)10-18(13)15(20)7-11-3-5-12(16)6-4-11/h11-14,19H,3-10,16H2,1-2H3. The number of nitrogens with two attached hydrogens (primary N) is 1. The first-order valence-corrected chi connectivity index (χ1v) is 7.83. The number of likely N-dealkylation sites (tertiary alicyclic amines) is 1. The molecule has 1 amide bonds. The molecule has 116 valence electrons. The van der Waals surface area contributed by atoms with Crippen LogP contribution in [0.3, 0.4) is 0 Å². The van der Waals surface area contributed by atoms with Crippen molar-refractivity contribution in [2.75, 3.05) is 27.2 Å². The summed E-state index contributed by atoms with van der Waals surface area (Å²) in [5.74, 6) is 0.703. The van der Waals surface area contributed by atoms with Crippen molar-refractivity contribution in [3.05, 3.63) is 0 Å². The molecule has 20 heavy (non-hydrogen) atoms. The van der Waals surface area contributed by atoms with Gasteiger partial charge in [-0.2, -0.15) is 0 Å². The van der Waals surface area contributed by atoms with Crippen molar-refractivity contribution in [1.29, 1.82) is 0 Å². The topological polar surface area (TPSA) is 69.8 Å². The minimum atomic E-state index is -0.358. The number of hydrogen-bond donors (Lipinski definition) is 2. The summed E-state index contributed by atoms with van der Waals surface area (Å²) >= 11 is 0. The van der Waals surface area contributed by atoms with E-state index in [-0.39, 0.29) is 18.1 Å². The molecule has 0 radical (unpaired) electrons. The number of carbonyl (C=O) groups excluding carboxylic acids is 1. The summed E-state index contributed by atoms with van der Waals surface area (Å²) in [5.41, 5.74) is 5.91. The lowest BCUT2D eigenvalue weighted by atomic mass is 9.84. The number of aliphatic hydroxyl groups excluding tert-OH is 1. The maximum atomic E-state index is 12.5. The molecule has 1 saturated carbocycles. The summed E-state index contributed by atoms with van der Waals surface area (Å²) in [6, 6.07) is 0.495. The monoisotopic (exact) mass is 283 g/mol. The Bertz CT molecular complexity index is 327. The smallest absolute Gasteiger partial charge is 0.223 e. The molecule has 0 aromatic heterocycles. The Balaban J connectivity index is 1.86. The zero-order chi connectivity index (χ0) is 14.7. The SMILES string of the molecule is CN(C)CC1CC(O)CN1C(=O)CC1CCC(N)CC1. The molecule has 1 heterocycles. The molecule has 2 rings (SSSR count). The van der Waals surface area contributed by atoms with E-state index in [1.165, 1.54) is 0 Å². The van der Waals surface area contributed by atoms with Crippen LogP contribution in [0, 0.1) is 5.92 Å². The first-order valence-electron chi connectivity index (χ1n) is 7.83. The third kappa shape index (κ3) is 4.17. The number of carbonyl (C=O) groups is 1. The highest BCUT2D eigenvalue weighted by Gasteiger charge is 2.35. The second-order valence-electron chi connectivity index (χ2n) is 6.84. The van der Waals surface area contributed by atoms with Crippen molar-refractivity contribution < 1.29 is 9.90 Å². The van der Waals surface area contributed by atoms with E-state index in [9.17, 15) is 9.90 Å². The van der Waals surface area contributed by atoms with E-state index in [0.717, 1.165) is 32.2 Å². The van der Waals surface area contributed by atoms with Gasteiger partial charge in [0.25, 0.3) is 0 Å². The number of amides is 1. The number of aliphatic hydroxyl groups is 1. The highest BCUT2D eigenvalue weighted by Crippen LogP contribution is 2.28. The van der Waals surface area contributed by atoms with Gasteiger partial charge in [-0.15, -0.1) is 0 Å². The Hall–Kier alpha value is -0.650. The molecule has 2 aliphatic rings. The molecule has 1 saturated heterocycles. The lowest BCUT2D eigenvalue weighted by Crippen LogP contribution is -2.42. The number of rotatable bonds is 4. The van der Waals surface area contributed by atoms with Crippen LogP contribution in [-0.4, -0.2) is 66.2 Å². The van der Waals surface area contributed by atoms with Gasteiger partial charge in [0, 0.05) is 31.6 Å². The van der Waals surface area contributed by atoms with Crippen LogP contribution >= 0.6 is 0 Å². The van der Waals surface area contributed by atoms with E-state index in [1.807, 2.05) is 19.0 Å². The molecule has 0 aromatic carbocycles. The fourth-order valence-electron chi connectivity index (χ4n) is 3.55. The molecule has 5 nitrogen and oxygen atoms in total. The van der Waals surface area contributed by atoms with Gasteiger partial charge in [-0.3, -0.25) is 4.79 Å². The second kappa shape index (κ2) is 6.87. The molecule has 0 aromatic rings. The minimum Gasteiger partial charge on any atom is -0.391 e. The van der Waals surface area contributed by atoms with Gasteiger partial charge in [-0.25, -0.2) is 0 Å². The average Bonchev–Trinajstić information content (AvgIpc) is 2.72. The van der Waals surface area contributed by atoms with Crippen LogP contribution in [0.25, 0.3) is 0 Å². The molecule has 2 atom stereocenters. The molecular formula is C15H29N3O2. The largest absolute Gasteiger partial charge is 0.391 e. The van der Waals surface area contributed by atoms with Crippen LogP contribution in [0.2, 0.25) is 0 Å². The molecule has 0 spiro atoms. The summed E-state index contributed by atoms with van der Waals surface area (Å²) in [5, 5.41) is 9.84. The molecule has 2 unspecified atom stereocenters. The Morgan fingerprint density at radius 3 is 2.55 bits per heavy atom. The number of β-amino-alcohol motifs (C(OH)–C–C–N with tert-alkyl or cyclic N) is 1. The lowest BCUT2D eigenvalue weighted by Gasteiger charge is -2.30. The van der Waals surface area contributed by atoms with Crippen LogP contribution < -0.4 is 5.73 Å². The van der Waals surface area contributed by atoms with Crippen molar-refractivity contribution in [2.24, 2.45) is 11.7 Å². The zero-order valence-corrected chi connectivity index (χ0v) is 12.8. The third-order valence-corrected chi connectivity index (χ3v) is 4.64. The summed E-state index contributed by atoms with van der Waals surface area (Å²) in [6.45, 7) is 1.34. The Morgan fingerprint density at radius 2 is 1.95 bits per heavy atom. The van der Waals surface area contributed by atoms with Gasteiger partial charge in [-0.1, -0.05) is 0 Å². The van der Waals surface area contributed by atoms with Crippen LogP contribution in [-0.2, 0) is 4.79 Å². The second-order valence-corrected chi connectivity index (χ2v) is 6.84. The first-order chi connectivity index (χ1) is 9.45. The highest BCUT2D eigenvalue weighted by molar-refractivity contribution is 5.77. The number of likely N-dealkylation sites (N-methyl/N-ethyl adjacent to an activating group) is 1. The van der Waals surface area contributed by atoms with Gasteiger partial charge in [0.15, 0.2) is 0 Å². The van der Waals surface area contributed by atoms with Crippen molar-refractivity contribution in [1.82, 2.24) is 9.80 Å². The molecule has 0 bridgehead atoms. The first kappa shape index (κ1) is 15.7. The molecule has 5 heteroatoms. The number of hydrogen-bond acceptors (Lipinski definition) is 4. The van der Waals surface area contributed by atoms with E-state index in [4.69, 9.17) is 5.73 Å². The highest BCUT2D eigenvalue weighted by atomic mass is 16.3. The van der Waals surface area contributed by atoms with Gasteiger partial charge in [-0.05, 0) is 52.1 Å².